The Morgan fingerprint density at radius 2 is 1.80 bits per heavy atom. The van der Waals surface area contributed by atoms with Crippen molar-refractivity contribution in [3.8, 4) is 0 Å². The Balaban J connectivity index is 2.02. The maximum Gasteiger partial charge on any atom is 0.306 e. The van der Waals surface area contributed by atoms with Gasteiger partial charge < -0.3 is 10.0 Å². The second-order valence-corrected chi connectivity index (χ2v) is 6.09. The average molecular weight is 275 g/mol. The summed E-state index contributed by atoms with van der Waals surface area (Å²) in [6.45, 7) is 6.62. The third-order valence-corrected chi connectivity index (χ3v) is 4.32. The highest BCUT2D eigenvalue weighted by Crippen LogP contribution is 2.31. The van der Waals surface area contributed by atoms with Crippen molar-refractivity contribution in [3.05, 3.63) is 35.9 Å². The fourth-order valence-electron chi connectivity index (χ4n) is 2.57. The fourth-order valence-corrected chi connectivity index (χ4v) is 2.57. The number of hydrogen-bond acceptors (Lipinski definition) is 2. The molecular weight excluding hydrogens is 254 g/mol. The lowest BCUT2D eigenvalue weighted by atomic mass is 9.80. The Labute approximate surface area is 119 Å². The monoisotopic (exact) mass is 275 g/mol. The van der Waals surface area contributed by atoms with Gasteiger partial charge in [0.15, 0.2) is 0 Å². The molecule has 1 N–H and O–H groups in total. The van der Waals surface area contributed by atoms with E-state index in [9.17, 15) is 9.59 Å². The topological polar surface area (TPSA) is 57.6 Å². The van der Waals surface area contributed by atoms with Gasteiger partial charge in [0.05, 0.1) is 11.3 Å². The van der Waals surface area contributed by atoms with E-state index < -0.39 is 11.4 Å². The van der Waals surface area contributed by atoms with E-state index in [-0.39, 0.29) is 17.7 Å². The predicted molar refractivity (Wildman–Crippen MR) is 76.3 cm³/mol. The van der Waals surface area contributed by atoms with Crippen LogP contribution in [0.4, 0.5) is 0 Å². The summed E-state index contributed by atoms with van der Waals surface area (Å²) >= 11 is 0. The van der Waals surface area contributed by atoms with Gasteiger partial charge >= 0.3 is 5.97 Å². The first-order valence-corrected chi connectivity index (χ1v) is 6.91. The van der Waals surface area contributed by atoms with Gasteiger partial charge in [0.1, 0.15) is 0 Å². The molecule has 1 aliphatic rings. The van der Waals surface area contributed by atoms with E-state index in [4.69, 9.17) is 5.11 Å². The summed E-state index contributed by atoms with van der Waals surface area (Å²) in [5.74, 6) is -1.04. The molecule has 4 nitrogen and oxygen atoms in total. The van der Waals surface area contributed by atoms with E-state index in [0.717, 1.165) is 5.56 Å². The van der Waals surface area contributed by atoms with Gasteiger partial charge in [-0.25, -0.2) is 0 Å². The standard InChI is InChI=1S/C16H21NO3/c1-11(14(18)19)12-9-17(10-12)15(20)16(2,3)13-7-5-4-6-8-13/h4-8,11-12H,9-10H2,1-3H3,(H,18,19). The molecule has 1 aromatic carbocycles. The van der Waals surface area contributed by atoms with E-state index in [1.165, 1.54) is 0 Å². The molecule has 0 bridgehead atoms. The fraction of sp³-hybridized carbons (Fsp3) is 0.500. The summed E-state index contributed by atoms with van der Waals surface area (Å²) in [5.41, 5.74) is 0.415. The molecule has 0 aromatic heterocycles. The summed E-state index contributed by atoms with van der Waals surface area (Å²) in [6, 6.07) is 9.69. The van der Waals surface area contributed by atoms with Crippen molar-refractivity contribution >= 4 is 11.9 Å². The Bertz CT molecular complexity index is 504. The highest BCUT2D eigenvalue weighted by atomic mass is 16.4. The van der Waals surface area contributed by atoms with Crippen LogP contribution in [0.1, 0.15) is 26.3 Å². The van der Waals surface area contributed by atoms with Crippen molar-refractivity contribution in [2.24, 2.45) is 11.8 Å². The Kier molecular flexibility index (Phi) is 3.84. The molecule has 1 amide bonds. The summed E-state index contributed by atoms with van der Waals surface area (Å²) in [5, 5.41) is 8.98. The normalized spacial score (nSPS) is 17.4. The number of carbonyl (C=O) groups is 2. The van der Waals surface area contributed by atoms with Gasteiger partial charge in [-0.1, -0.05) is 37.3 Å². The Hall–Kier alpha value is -1.84. The molecule has 1 aromatic rings. The zero-order valence-electron chi connectivity index (χ0n) is 12.2. The van der Waals surface area contributed by atoms with Crippen molar-refractivity contribution in [1.82, 2.24) is 4.90 Å². The van der Waals surface area contributed by atoms with Crippen LogP contribution in [0.2, 0.25) is 0 Å². The van der Waals surface area contributed by atoms with Crippen molar-refractivity contribution in [3.63, 3.8) is 0 Å². The van der Waals surface area contributed by atoms with Gasteiger partial charge in [-0.3, -0.25) is 9.59 Å². The minimum absolute atomic E-state index is 0.0672. The Morgan fingerprint density at radius 3 is 2.30 bits per heavy atom. The zero-order chi connectivity index (χ0) is 14.9. The van der Waals surface area contributed by atoms with E-state index in [0.29, 0.717) is 13.1 Å². The molecule has 1 saturated heterocycles. The van der Waals surface area contributed by atoms with Gasteiger partial charge in [-0.15, -0.1) is 0 Å². The number of hydrogen-bond donors (Lipinski definition) is 1. The van der Waals surface area contributed by atoms with E-state index in [1.54, 1.807) is 11.8 Å². The van der Waals surface area contributed by atoms with Crippen LogP contribution < -0.4 is 0 Å². The van der Waals surface area contributed by atoms with Crippen LogP contribution in [0.15, 0.2) is 30.3 Å². The first-order valence-electron chi connectivity index (χ1n) is 6.91. The lowest BCUT2D eigenvalue weighted by Gasteiger charge is -2.44. The molecule has 108 valence electrons. The molecule has 0 saturated carbocycles. The number of carbonyl (C=O) groups excluding carboxylic acids is 1. The molecule has 2 rings (SSSR count). The van der Waals surface area contributed by atoms with E-state index in [1.807, 2.05) is 44.2 Å². The molecule has 20 heavy (non-hydrogen) atoms. The van der Waals surface area contributed by atoms with Crippen LogP contribution in [-0.2, 0) is 15.0 Å². The van der Waals surface area contributed by atoms with E-state index in [2.05, 4.69) is 0 Å². The summed E-state index contributed by atoms with van der Waals surface area (Å²) in [7, 11) is 0. The molecule has 0 spiro atoms. The molecule has 4 heteroatoms. The first-order chi connectivity index (χ1) is 9.34. The lowest BCUT2D eigenvalue weighted by molar-refractivity contribution is -0.152. The second kappa shape index (κ2) is 5.27. The van der Waals surface area contributed by atoms with Crippen LogP contribution in [0.3, 0.4) is 0 Å². The number of benzene rings is 1. The van der Waals surface area contributed by atoms with Gasteiger partial charge in [0, 0.05) is 19.0 Å². The number of likely N-dealkylation sites (tertiary alicyclic amines) is 1. The zero-order valence-corrected chi connectivity index (χ0v) is 12.2. The largest absolute Gasteiger partial charge is 0.481 e. The van der Waals surface area contributed by atoms with Gasteiger partial charge in [0.2, 0.25) is 5.91 Å². The molecule has 1 unspecified atom stereocenters. The summed E-state index contributed by atoms with van der Waals surface area (Å²) in [4.78, 5) is 25.3. The number of aliphatic carboxylic acids is 1. The molecule has 1 heterocycles. The van der Waals surface area contributed by atoms with Crippen LogP contribution >= 0.6 is 0 Å². The average Bonchev–Trinajstić information content (AvgIpc) is 2.37. The number of carboxylic acid groups (broad SMARTS) is 1. The minimum Gasteiger partial charge on any atom is -0.481 e. The van der Waals surface area contributed by atoms with Crippen LogP contribution in [-0.4, -0.2) is 35.0 Å². The van der Waals surface area contributed by atoms with E-state index >= 15 is 0 Å². The Morgan fingerprint density at radius 1 is 1.25 bits per heavy atom. The smallest absolute Gasteiger partial charge is 0.306 e. The molecule has 0 aliphatic carbocycles. The highest BCUT2D eigenvalue weighted by molar-refractivity contribution is 5.88. The summed E-state index contributed by atoms with van der Waals surface area (Å²) < 4.78 is 0. The minimum atomic E-state index is -0.788. The second-order valence-electron chi connectivity index (χ2n) is 6.09. The SMILES string of the molecule is CC(C(=O)O)C1CN(C(=O)C(C)(C)c2ccccc2)C1. The van der Waals surface area contributed by atoms with Crippen LogP contribution in [0.25, 0.3) is 0 Å². The third-order valence-electron chi connectivity index (χ3n) is 4.32. The van der Waals surface area contributed by atoms with Crippen molar-refractivity contribution < 1.29 is 14.7 Å². The van der Waals surface area contributed by atoms with Gasteiger partial charge in [-0.05, 0) is 19.4 Å². The quantitative estimate of drug-likeness (QED) is 0.916. The number of amides is 1. The van der Waals surface area contributed by atoms with Gasteiger partial charge in [0.25, 0.3) is 0 Å². The van der Waals surface area contributed by atoms with Crippen molar-refractivity contribution in [2.45, 2.75) is 26.2 Å². The number of rotatable bonds is 4. The molecule has 1 atom stereocenters. The third kappa shape index (κ3) is 2.55. The van der Waals surface area contributed by atoms with Crippen LogP contribution in [0, 0.1) is 11.8 Å². The maximum atomic E-state index is 12.6. The molecule has 1 aliphatic heterocycles. The summed E-state index contributed by atoms with van der Waals surface area (Å²) in [6.07, 6.45) is 0. The molecular formula is C16H21NO3. The number of nitrogens with zero attached hydrogens (tertiary/aromatic N) is 1. The molecule has 0 radical (unpaired) electrons. The van der Waals surface area contributed by atoms with Gasteiger partial charge in [-0.2, -0.15) is 0 Å². The first kappa shape index (κ1) is 14.6. The maximum absolute atomic E-state index is 12.6. The molecule has 1 fully saturated rings. The predicted octanol–water partition coefficient (Wildman–Crippen LogP) is 2.14. The lowest BCUT2D eigenvalue weighted by Crippen LogP contribution is -2.57. The van der Waals surface area contributed by atoms with Crippen molar-refractivity contribution in [1.29, 1.82) is 0 Å². The number of carboxylic acids is 1. The highest BCUT2D eigenvalue weighted by Gasteiger charge is 2.42. The van der Waals surface area contributed by atoms with Crippen LogP contribution in [0.5, 0.6) is 0 Å². The van der Waals surface area contributed by atoms with Crippen molar-refractivity contribution in [2.75, 3.05) is 13.1 Å².